The smallest absolute Gasteiger partial charge is 0.164 e. The minimum absolute atomic E-state index is 0.630. The first kappa shape index (κ1) is 30.8. The standard InChI is InChI=1S/C46H34N4/c1-31-18-28-41(32(2)47-31)35-19-23-38(24-20-35)45-48-44(37-16-10-5-11-17-37)49-46(50-45)39-25-21-36(22-26-39)42-29-27-40(33-12-6-3-7-13-33)30-43(42)34-14-8-4-9-15-34/h3-30H,1-2H3. The highest BCUT2D eigenvalue weighted by molar-refractivity contribution is 5.87. The van der Waals surface area contributed by atoms with Crippen molar-refractivity contribution in [2.45, 2.75) is 13.8 Å². The van der Waals surface area contributed by atoms with E-state index in [9.17, 15) is 0 Å². The number of aromatic nitrogens is 4. The van der Waals surface area contributed by atoms with E-state index in [1.54, 1.807) is 0 Å². The van der Waals surface area contributed by atoms with Crippen LogP contribution in [0.5, 0.6) is 0 Å². The fourth-order valence-corrected chi connectivity index (χ4v) is 6.40. The molecule has 0 saturated carbocycles. The molecule has 0 saturated heterocycles. The van der Waals surface area contributed by atoms with E-state index in [-0.39, 0.29) is 0 Å². The topological polar surface area (TPSA) is 51.6 Å². The quantitative estimate of drug-likeness (QED) is 0.174. The summed E-state index contributed by atoms with van der Waals surface area (Å²) in [6.07, 6.45) is 0. The normalized spacial score (nSPS) is 11.0. The highest BCUT2D eigenvalue weighted by atomic mass is 15.0. The summed E-state index contributed by atoms with van der Waals surface area (Å²) in [5.74, 6) is 1.90. The van der Waals surface area contributed by atoms with Crippen molar-refractivity contribution in [3.8, 4) is 78.7 Å². The third-order valence-corrected chi connectivity index (χ3v) is 9.01. The van der Waals surface area contributed by atoms with Gasteiger partial charge < -0.3 is 0 Å². The Labute approximate surface area is 292 Å². The molecule has 238 valence electrons. The number of aryl methyl sites for hydroxylation is 2. The van der Waals surface area contributed by atoms with Gasteiger partial charge in [0.1, 0.15) is 0 Å². The van der Waals surface area contributed by atoms with E-state index in [0.717, 1.165) is 44.8 Å². The van der Waals surface area contributed by atoms with Crippen LogP contribution in [-0.2, 0) is 0 Å². The first-order valence-corrected chi connectivity index (χ1v) is 16.8. The van der Waals surface area contributed by atoms with Gasteiger partial charge in [-0.25, -0.2) is 15.0 Å². The van der Waals surface area contributed by atoms with E-state index in [4.69, 9.17) is 15.0 Å². The van der Waals surface area contributed by atoms with Crippen LogP contribution in [0, 0.1) is 13.8 Å². The van der Waals surface area contributed by atoms with Crippen LogP contribution in [0.3, 0.4) is 0 Å². The Morgan fingerprint density at radius 3 is 1.18 bits per heavy atom. The number of benzene rings is 6. The van der Waals surface area contributed by atoms with Crippen molar-refractivity contribution in [2.24, 2.45) is 0 Å². The molecule has 8 rings (SSSR count). The van der Waals surface area contributed by atoms with Crippen LogP contribution in [0.1, 0.15) is 11.4 Å². The molecule has 6 aromatic carbocycles. The highest BCUT2D eigenvalue weighted by Gasteiger charge is 2.15. The molecule has 4 nitrogen and oxygen atoms in total. The van der Waals surface area contributed by atoms with Crippen LogP contribution < -0.4 is 0 Å². The Bertz CT molecular complexity index is 2400. The number of rotatable bonds is 7. The predicted octanol–water partition coefficient (Wildman–Crippen LogP) is 11.6. The van der Waals surface area contributed by atoms with Gasteiger partial charge in [0.15, 0.2) is 17.5 Å². The lowest BCUT2D eigenvalue weighted by molar-refractivity contribution is 1.07. The van der Waals surface area contributed by atoms with E-state index < -0.39 is 0 Å². The average molecular weight is 643 g/mol. The average Bonchev–Trinajstić information content (AvgIpc) is 3.19. The minimum atomic E-state index is 0.630. The first-order chi connectivity index (χ1) is 24.6. The maximum atomic E-state index is 5.01. The Hall–Kier alpha value is -6.52. The van der Waals surface area contributed by atoms with E-state index in [1.807, 2.05) is 50.2 Å². The molecule has 2 heterocycles. The van der Waals surface area contributed by atoms with Gasteiger partial charge in [-0.3, -0.25) is 4.98 Å². The zero-order chi connectivity index (χ0) is 33.9. The molecule has 0 amide bonds. The van der Waals surface area contributed by atoms with Gasteiger partial charge in [0, 0.05) is 33.6 Å². The van der Waals surface area contributed by atoms with Gasteiger partial charge >= 0.3 is 0 Å². The highest BCUT2D eigenvalue weighted by Crippen LogP contribution is 2.37. The van der Waals surface area contributed by atoms with Crippen molar-refractivity contribution in [1.82, 2.24) is 19.9 Å². The van der Waals surface area contributed by atoms with E-state index in [2.05, 4.69) is 138 Å². The molecule has 8 aromatic rings. The van der Waals surface area contributed by atoms with Crippen molar-refractivity contribution in [2.75, 3.05) is 0 Å². The Morgan fingerprint density at radius 1 is 0.280 bits per heavy atom. The van der Waals surface area contributed by atoms with Crippen LogP contribution in [0.15, 0.2) is 170 Å². The van der Waals surface area contributed by atoms with Gasteiger partial charge in [-0.1, -0.05) is 158 Å². The molecule has 0 unspecified atom stereocenters. The van der Waals surface area contributed by atoms with Gasteiger partial charge in [0.05, 0.1) is 0 Å². The van der Waals surface area contributed by atoms with Crippen LogP contribution in [0.2, 0.25) is 0 Å². The first-order valence-electron chi connectivity index (χ1n) is 16.8. The van der Waals surface area contributed by atoms with Gasteiger partial charge in [-0.2, -0.15) is 0 Å². The molecule has 0 fully saturated rings. The molecule has 0 aliphatic carbocycles. The lowest BCUT2D eigenvalue weighted by Crippen LogP contribution is -2.00. The summed E-state index contributed by atoms with van der Waals surface area (Å²) >= 11 is 0. The fraction of sp³-hybridized carbons (Fsp3) is 0.0435. The molecule has 0 N–H and O–H groups in total. The summed E-state index contributed by atoms with van der Waals surface area (Å²) in [7, 11) is 0. The molecule has 0 radical (unpaired) electrons. The monoisotopic (exact) mass is 642 g/mol. The third-order valence-electron chi connectivity index (χ3n) is 9.01. The number of hydrogen-bond acceptors (Lipinski definition) is 4. The summed E-state index contributed by atoms with van der Waals surface area (Å²) in [4.78, 5) is 19.6. The zero-order valence-electron chi connectivity index (χ0n) is 28.0. The summed E-state index contributed by atoms with van der Waals surface area (Å²) in [6.45, 7) is 4.06. The molecule has 0 aliphatic rings. The molecular formula is C46H34N4. The Morgan fingerprint density at radius 2 is 0.660 bits per heavy atom. The minimum Gasteiger partial charge on any atom is -0.258 e. The predicted molar refractivity (Wildman–Crippen MR) is 205 cm³/mol. The molecule has 0 spiro atoms. The van der Waals surface area contributed by atoms with Crippen LogP contribution in [0.25, 0.3) is 78.7 Å². The van der Waals surface area contributed by atoms with Crippen molar-refractivity contribution >= 4 is 0 Å². The molecule has 0 atom stereocenters. The number of hydrogen-bond donors (Lipinski definition) is 0. The van der Waals surface area contributed by atoms with E-state index in [0.29, 0.717) is 17.5 Å². The molecule has 0 aliphatic heterocycles. The third kappa shape index (κ3) is 6.35. The maximum Gasteiger partial charge on any atom is 0.164 e. The largest absolute Gasteiger partial charge is 0.258 e. The molecular weight excluding hydrogens is 609 g/mol. The second kappa shape index (κ2) is 13.5. The van der Waals surface area contributed by atoms with Crippen LogP contribution in [0.4, 0.5) is 0 Å². The van der Waals surface area contributed by atoms with Gasteiger partial charge in [0.2, 0.25) is 0 Å². The van der Waals surface area contributed by atoms with Crippen molar-refractivity contribution < 1.29 is 0 Å². The molecule has 50 heavy (non-hydrogen) atoms. The summed E-state index contributed by atoms with van der Waals surface area (Å²) < 4.78 is 0. The molecule has 2 aromatic heterocycles. The fourth-order valence-electron chi connectivity index (χ4n) is 6.40. The van der Waals surface area contributed by atoms with Crippen molar-refractivity contribution in [1.29, 1.82) is 0 Å². The van der Waals surface area contributed by atoms with Gasteiger partial charge in [-0.15, -0.1) is 0 Å². The summed E-state index contributed by atoms with van der Waals surface area (Å²) in [5.41, 5.74) is 14.1. The number of pyridine rings is 1. The van der Waals surface area contributed by atoms with E-state index in [1.165, 1.54) is 27.8 Å². The molecule has 0 bridgehead atoms. The van der Waals surface area contributed by atoms with Crippen LogP contribution >= 0.6 is 0 Å². The van der Waals surface area contributed by atoms with E-state index >= 15 is 0 Å². The zero-order valence-corrected chi connectivity index (χ0v) is 28.0. The second-order valence-corrected chi connectivity index (χ2v) is 12.4. The lowest BCUT2D eigenvalue weighted by atomic mass is 9.91. The van der Waals surface area contributed by atoms with Gasteiger partial charge in [-0.05, 0) is 64.9 Å². The van der Waals surface area contributed by atoms with Gasteiger partial charge in [0.25, 0.3) is 0 Å². The van der Waals surface area contributed by atoms with Crippen LogP contribution in [-0.4, -0.2) is 19.9 Å². The Kier molecular flexibility index (Phi) is 8.34. The molecule has 4 heteroatoms. The lowest BCUT2D eigenvalue weighted by Gasteiger charge is -2.14. The van der Waals surface area contributed by atoms with Crippen molar-refractivity contribution in [3.05, 3.63) is 181 Å². The van der Waals surface area contributed by atoms with Crippen molar-refractivity contribution in [3.63, 3.8) is 0 Å². The maximum absolute atomic E-state index is 5.01. The Balaban J connectivity index is 1.18. The summed E-state index contributed by atoms with van der Waals surface area (Å²) in [6, 6.07) is 59.0. The SMILES string of the molecule is Cc1ccc(-c2ccc(-c3nc(-c4ccccc4)nc(-c4ccc(-c5ccc(-c6ccccc6)cc5-c5ccccc5)cc4)n3)cc2)c(C)n1. The number of nitrogens with zero attached hydrogens (tertiary/aromatic N) is 4. The second-order valence-electron chi connectivity index (χ2n) is 12.4. The summed E-state index contributed by atoms with van der Waals surface area (Å²) in [5, 5.41) is 0.